The van der Waals surface area contributed by atoms with Crippen LogP contribution in [-0.4, -0.2) is 53.2 Å². The predicted molar refractivity (Wildman–Crippen MR) is 110 cm³/mol. The maximum atomic E-state index is 13.3. The largest absolute Gasteiger partial charge is 0.497 e. The zero-order valence-corrected chi connectivity index (χ0v) is 17.6. The number of carbonyl (C=O) groups excluding carboxylic acids is 1. The molecule has 10 nitrogen and oxygen atoms in total. The van der Waals surface area contributed by atoms with E-state index in [1.165, 1.54) is 45.4 Å². The summed E-state index contributed by atoms with van der Waals surface area (Å²) in [6.07, 6.45) is 0. The van der Waals surface area contributed by atoms with E-state index in [0.717, 1.165) is 10.4 Å². The SMILES string of the molecule is COCCNC(=O)CN(c1ccc(OC)cc1)S(=O)(=O)c1ccc(C)c([N+](=O)[O-])c1. The van der Waals surface area contributed by atoms with Gasteiger partial charge in [-0.1, -0.05) is 6.07 Å². The quantitative estimate of drug-likeness (QED) is 0.341. The highest BCUT2D eigenvalue weighted by Gasteiger charge is 2.29. The van der Waals surface area contributed by atoms with E-state index in [9.17, 15) is 23.3 Å². The molecule has 1 N–H and O–H groups in total. The summed E-state index contributed by atoms with van der Waals surface area (Å²) in [5.74, 6) is -0.0420. The number of ether oxygens (including phenoxy) is 2. The van der Waals surface area contributed by atoms with Crippen molar-refractivity contribution >= 4 is 27.3 Å². The van der Waals surface area contributed by atoms with E-state index in [1.54, 1.807) is 12.1 Å². The summed E-state index contributed by atoms with van der Waals surface area (Å²) < 4.78 is 37.5. The van der Waals surface area contributed by atoms with E-state index in [4.69, 9.17) is 9.47 Å². The van der Waals surface area contributed by atoms with E-state index in [1.807, 2.05) is 0 Å². The molecule has 0 aliphatic heterocycles. The van der Waals surface area contributed by atoms with Crippen molar-refractivity contribution in [3.8, 4) is 5.75 Å². The van der Waals surface area contributed by atoms with Gasteiger partial charge in [0.25, 0.3) is 15.7 Å². The molecule has 1 amide bonds. The van der Waals surface area contributed by atoms with Crippen molar-refractivity contribution in [2.75, 3.05) is 38.2 Å². The van der Waals surface area contributed by atoms with Gasteiger partial charge in [0.05, 0.1) is 29.2 Å². The molecule has 0 aliphatic rings. The van der Waals surface area contributed by atoms with Crippen LogP contribution in [0, 0.1) is 17.0 Å². The number of nitrogens with zero attached hydrogens (tertiary/aromatic N) is 2. The molecule has 2 rings (SSSR count). The Balaban J connectivity index is 2.47. The standard InChI is InChI=1S/C19H23N3O7S/c1-14-4-9-17(12-18(14)22(24)25)30(26,27)21(13-19(23)20-10-11-28-2)15-5-7-16(29-3)8-6-15/h4-9,12H,10-11,13H2,1-3H3,(H,20,23). The summed E-state index contributed by atoms with van der Waals surface area (Å²) in [6.45, 7) is 1.48. The number of rotatable bonds is 10. The van der Waals surface area contributed by atoms with Gasteiger partial charge in [0.2, 0.25) is 5.91 Å². The lowest BCUT2D eigenvalue weighted by Gasteiger charge is -2.24. The number of hydrogen-bond acceptors (Lipinski definition) is 7. The first-order chi connectivity index (χ1) is 14.2. The molecule has 0 saturated carbocycles. The van der Waals surface area contributed by atoms with Crippen LogP contribution in [0.4, 0.5) is 11.4 Å². The van der Waals surface area contributed by atoms with Crippen molar-refractivity contribution in [3.63, 3.8) is 0 Å². The molecule has 0 aromatic heterocycles. The first kappa shape index (κ1) is 23.1. The molecular formula is C19H23N3O7S. The minimum absolute atomic E-state index is 0.209. The van der Waals surface area contributed by atoms with Gasteiger partial charge in [-0.2, -0.15) is 0 Å². The van der Waals surface area contributed by atoms with Gasteiger partial charge in [0, 0.05) is 25.3 Å². The minimum Gasteiger partial charge on any atom is -0.497 e. The number of carbonyl (C=O) groups is 1. The van der Waals surface area contributed by atoms with Crippen molar-refractivity contribution in [3.05, 3.63) is 58.1 Å². The number of nitrogens with one attached hydrogen (secondary N) is 1. The van der Waals surface area contributed by atoms with Gasteiger partial charge in [0.1, 0.15) is 12.3 Å². The van der Waals surface area contributed by atoms with Gasteiger partial charge in [-0.3, -0.25) is 19.2 Å². The summed E-state index contributed by atoms with van der Waals surface area (Å²) in [6, 6.07) is 9.70. The number of benzene rings is 2. The number of aryl methyl sites for hydroxylation is 1. The van der Waals surface area contributed by atoms with Crippen LogP contribution >= 0.6 is 0 Å². The van der Waals surface area contributed by atoms with Gasteiger partial charge in [-0.05, 0) is 37.3 Å². The summed E-state index contributed by atoms with van der Waals surface area (Å²) in [5, 5.41) is 13.8. The molecule has 0 bridgehead atoms. The molecule has 162 valence electrons. The molecule has 0 heterocycles. The van der Waals surface area contributed by atoms with E-state index in [2.05, 4.69) is 5.32 Å². The van der Waals surface area contributed by atoms with Crippen LogP contribution in [0.5, 0.6) is 5.75 Å². The maximum Gasteiger partial charge on any atom is 0.273 e. The van der Waals surface area contributed by atoms with Crippen LogP contribution in [0.25, 0.3) is 0 Å². The zero-order valence-electron chi connectivity index (χ0n) is 16.8. The summed E-state index contributed by atoms with van der Waals surface area (Å²) in [5.41, 5.74) is 0.212. The number of nitro groups is 1. The van der Waals surface area contributed by atoms with Crippen molar-refractivity contribution in [1.29, 1.82) is 0 Å². The number of sulfonamides is 1. The van der Waals surface area contributed by atoms with Gasteiger partial charge in [-0.15, -0.1) is 0 Å². The lowest BCUT2D eigenvalue weighted by molar-refractivity contribution is -0.385. The van der Waals surface area contributed by atoms with Crippen molar-refractivity contribution in [2.45, 2.75) is 11.8 Å². The Labute approximate surface area is 174 Å². The third-order valence-electron chi connectivity index (χ3n) is 4.24. The lowest BCUT2D eigenvalue weighted by atomic mass is 10.2. The molecule has 0 unspecified atom stereocenters. The highest BCUT2D eigenvalue weighted by Crippen LogP contribution is 2.28. The van der Waals surface area contributed by atoms with E-state index >= 15 is 0 Å². The zero-order chi connectivity index (χ0) is 22.3. The van der Waals surface area contributed by atoms with Crippen molar-refractivity contribution in [2.24, 2.45) is 0 Å². The molecule has 0 fully saturated rings. The van der Waals surface area contributed by atoms with Crippen LogP contribution in [0.1, 0.15) is 5.56 Å². The van der Waals surface area contributed by atoms with Crippen molar-refractivity contribution in [1.82, 2.24) is 5.32 Å². The highest BCUT2D eigenvalue weighted by molar-refractivity contribution is 7.92. The fourth-order valence-corrected chi connectivity index (χ4v) is 4.06. The Morgan fingerprint density at radius 2 is 1.83 bits per heavy atom. The Hall–Kier alpha value is -3.18. The molecule has 0 radical (unpaired) electrons. The molecule has 2 aromatic carbocycles. The monoisotopic (exact) mass is 437 g/mol. The maximum absolute atomic E-state index is 13.3. The first-order valence-corrected chi connectivity index (χ1v) is 10.3. The van der Waals surface area contributed by atoms with Crippen LogP contribution in [-0.2, 0) is 19.6 Å². The molecule has 0 aliphatic carbocycles. The van der Waals surface area contributed by atoms with Crippen LogP contribution < -0.4 is 14.4 Å². The number of hydrogen-bond donors (Lipinski definition) is 1. The van der Waals surface area contributed by atoms with E-state index in [-0.39, 0.29) is 29.4 Å². The van der Waals surface area contributed by atoms with Gasteiger partial charge >= 0.3 is 0 Å². The van der Waals surface area contributed by atoms with Crippen LogP contribution in [0.15, 0.2) is 47.4 Å². The second-order valence-corrected chi connectivity index (χ2v) is 8.12. The average molecular weight is 437 g/mol. The molecule has 0 atom stereocenters. The Morgan fingerprint density at radius 1 is 1.17 bits per heavy atom. The summed E-state index contributed by atoms with van der Waals surface area (Å²) in [7, 11) is -1.33. The molecule has 11 heteroatoms. The number of anilines is 1. The molecular weight excluding hydrogens is 414 g/mol. The molecule has 0 spiro atoms. The third kappa shape index (κ3) is 5.45. The van der Waals surface area contributed by atoms with Gasteiger partial charge in [0.15, 0.2) is 0 Å². The van der Waals surface area contributed by atoms with Crippen LogP contribution in [0.2, 0.25) is 0 Å². The number of methoxy groups -OCH3 is 2. The smallest absolute Gasteiger partial charge is 0.273 e. The van der Waals surface area contributed by atoms with E-state index in [0.29, 0.717) is 11.3 Å². The molecule has 2 aromatic rings. The molecule has 0 saturated heterocycles. The average Bonchev–Trinajstić information content (AvgIpc) is 2.72. The highest BCUT2D eigenvalue weighted by atomic mass is 32.2. The first-order valence-electron chi connectivity index (χ1n) is 8.88. The fourth-order valence-electron chi connectivity index (χ4n) is 2.62. The van der Waals surface area contributed by atoms with Gasteiger partial charge < -0.3 is 14.8 Å². The second-order valence-electron chi connectivity index (χ2n) is 6.26. The van der Waals surface area contributed by atoms with Crippen LogP contribution in [0.3, 0.4) is 0 Å². The fraction of sp³-hybridized carbons (Fsp3) is 0.316. The Morgan fingerprint density at radius 3 is 2.40 bits per heavy atom. The second kappa shape index (κ2) is 10.0. The Kier molecular flexibility index (Phi) is 7.72. The van der Waals surface area contributed by atoms with E-state index < -0.39 is 27.4 Å². The van der Waals surface area contributed by atoms with Crippen molar-refractivity contribution < 1.29 is 27.6 Å². The Bertz CT molecular complexity index is 1010. The normalized spacial score (nSPS) is 11.0. The predicted octanol–water partition coefficient (Wildman–Crippen LogP) is 1.87. The lowest BCUT2D eigenvalue weighted by Crippen LogP contribution is -2.41. The number of nitro benzene ring substituents is 1. The van der Waals surface area contributed by atoms with Gasteiger partial charge in [-0.25, -0.2) is 8.42 Å². The summed E-state index contributed by atoms with van der Waals surface area (Å²) >= 11 is 0. The summed E-state index contributed by atoms with van der Waals surface area (Å²) in [4.78, 5) is 22.6. The molecule has 30 heavy (non-hydrogen) atoms. The number of amides is 1. The minimum atomic E-state index is -4.28. The topological polar surface area (TPSA) is 128 Å². The third-order valence-corrected chi connectivity index (χ3v) is 6.01.